The summed E-state index contributed by atoms with van der Waals surface area (Å²) in [7, 11) is 0. The van der Waals surface area contributed by atoms with Crippen LogP contribution in [0.2, 0.25) is 0 Å². The van der Waals surface area contributed by atoms with Gasteiger partial charge >= 0.3 is 0 Å². The van der Waals surface area contributed by atoms with Gasteiger partial charge in [-0.25, -0.2) is 9.97 Å². The maximum Gasteiger partial charge on any atom is 0.178 e. The average Bonchev–Trinajstić information content (AvgIpc) is 2.84. The molecule has 0 aliphatic rings. The van der Waals surface area contributed by atoms with E-state index in [1.807, 2.05) is 43.7 Å². The molecule has 0 N–H and O–H groups in total. The Labute approximate surface area is 125 Å². The number of aromatic nitrogens is 4. The van der Waals surface area contributed by atoms with Gasteiger partial charge in [0, 0.05) is 24.3 Å². The SMILES string of the molecule is [2H]c1ccnc(-c2c3cc(OC(C)C)ccc3nn2CC)n1. The average molecular weight is 283 g/mol. The largest absolute Gasteiger partial charge is 0.491 e. The summed E-state index contributed by atoms with van der Waals surface area (Å²) in [4.78, 5) is 8.52. The van der Waals surface area contributed by atoms with Crippen molar-refractivity contribution >= 4 is 10.9 Å². The standard InChI is InChI=1S/C16H18N4O/c1-4-20-15(16-17-8-5-9-18-16)13-10-12(21-11(2)3)6-7-14(13)19-20/h5-11H,4H2,1-3H3/i8D. The summed E-state index contributed by atoms with van der Waals surface area (Å²) >= 11 is 0. The first-order valence-electron chi connectivity index (χ1n) is 7.55. The fourth-order valence-electron chi connectivity index (χ4n) is 2.30. The van der Waals surface area contributed by atoms with Crippen LogP contribution in [0.5, 0.6) is 5.75 Å². The molecule has 3 aromatic rings. The molecule has 3 rings (SSSR count). The minimum atomic E-state index is 0.106. The van der Waals surface area contributed by atoms with Crippen LogP contribution in [-0.2, 0) is 6.54 Å². The van der Waals surface area contributed by atoms with Crippen molar-refractivity contribution in [1.29, 1.82) is 0 Å². The van der Waals surface area contributed by atoms with E-state index in [2.05, 4.69) is 15.1 Å². The van der Waals surface area contributed by atoms with Gasteiger partial charge in [0.1, 0.15) is 11.4 Å². The highest BCUT2D eigenvalue weighted by molar-refractivity contribution is 5.92. The van der Waals surface area contributed by atoms with Crippen molar-refractivity contribution in [1.82, 2.24) is 19.7 Å². The molecule has 0 aliphatic heterocycles. The maximum atomic E-state index is 7.70. The smallest absolute Gasteiger partial charge is 0.178 e. The molecule has 0 atom stereocenters. The van der Waals surface area contributed by atoms with Gasteiger partial charge in [-0.05, 0) is 45.0 Å². The van der Waals surface area contributed by atoms with Gasteiger partial charge in [0.25, 0.3) is 0 Å². The highest BCUT2D eigenvalue weighted by Crippen LogP contribution is 2.29. The minimum Gasteiger partial charge on any atom is -0.491 e. The van der Waals surface area contributed by atoms with Crippen LogP contribution in [0.3, 0.4) is 0 Å². The predicted octanol–water partition coefficient (Wildman–Crippen LogP) is 3.30. The number of hydrogen-bond donors (Lipinski definition) is 0. The molecule has 0 amide bonds. The zero-order chi connectivity index (χ0) is 15.7. The molecule has 5 heteroatoms. The number of ether oxygens (including phenoxy) is 1. The van der Waals surface area contributed by atoms with E-state index in [1.54, 1.807) is 12.3 Å². The number of nitrogens with zero attached hydrogens (tertiary/aromatic N) is 4. The molecule has 0 spiro atoms. The Kier molecular flexibility index (Phi) is 3.24. The molecule has 2 aromatic heterocycles. The molecule has 108 valence electrons. The third-order valence-corrected chi connectivity index (χ3v) is 3.11. The second-order valence-electron chi connectivity index (χ2n) is 5.02. The van der Waals surface area contributed by atoms with Crippen LogP contribution >= 0.6 is 0 Å². The molecular weight excluding hydrogens is 264 g/mol. The fraction of sp³-hybridized carbons (Fsp3) is 0.312. The lowest BCUT2D eigenvalue weighted by Crippen LogP contribution is -2.05. The first-order chi connectivity index (χ1) is 10.6. The zero-order valence-corrected chi connectivity index (χ0v) is 12.4. The lowest BCUT2D eigenvalue weighted by atomic mass is 10.2. The van der Waals surface area contributed by atoms with Crippen LogP contribution in [0.4, 0.5) is 0 Å². The highest BCUT2D eigenvalue weighted by atomic mass is 16.5. The van der Waals surface area contributed by atoms with Crippen molar-refractivity contribution in [2.75, 3.05) is 0 Å². The first kappa shape index (κ1) is 12.3. The van der Waals surface area contributed by atoms with Crippen molar-refractivity contribution in [3.63, 3.8) is 0 Å². The molecule has 21 heavy (non-hydrogen) atoms. The van der Waals surface area contributed by atoms with Crippen LogP contribution in [0, 0.1) is 0 Å². The quantitative estimate of drug-likeness (QED) is 0.737. The monoisotopic (exact) mass is 283 g/mol. The zero-order valence-electron chi connectivity index (χ0n) is 13.4. The van der Waals surface area contributed by atoms with Crippen LogP contribution in [0.15, 0.2) is 36.6 Å². The van der Waals surface area contributed by atoms with Gasteiger partial charge < -0.3 is 4.74 Å². The van der Waals surface area contributed by atoms with Gasteiger partial charge in [-0.1, -0.05) is 0 Å². The fourth-order valence-corrected chi connectivity index (χ4v) is 2.30. The number of fused-ring (bicyclic) bond motifs is 1. The molecule has 0 fully saturated rings. The normalized spacial score (nSPS) is 11.9. The summed E-state index contributed by atoms with van der Waals surface area (Å²) < 4.78 is 15.3. The van der Waals surface area contributed by atoms with E-state index in [9.17, 15) is 0 Å². The van der Waals surface area contributed by atoms with Crippen LogP contribution in [0.1, 0.15) is 22.1 Å². The summed E-state index contributed by atoms with van der Waals surface area (Å²) in [5, 5.41) is 5.51. The van der Waals surface area contributed by atoms with E-state index >= 15 is 0 Å². The van der Waals surface area contributed by atoms with E-state index in [4.69, 9.17) is 6.11 Å². The molecule has 0 radical (unpaired) electrons. The molecule has 0 bridgehead atoms. The summed E-state index contributed by atoms with van der Waals surface area (Å²) in [6, 6.07) is 7.38. The predicted molar refractivity (Wildman–Crippen MR) is 82.2 cm³/mol. The molecule has 0 saturated heterocycles. The van der Waals surface area contributed by atoms with Crippen LogP contribution in [-0.4, -0.2) is 25.9 Å². The molecule has 0 saturated carbocycles. The second kappa shape index (κ2) is 5.52. The first-order valence-corrected chi connectivity index (χ1v) is 7.05. The Hall–Kier alpha value is -2.43. The molecule has 5 nitrogen and oxygen atoms in total. The Morgan fingerprint density at radius 2 is 2.19 bits per heavy atom. The van der Waals surface area contributed by atoms with E-state index in [0.717, 1.165) is 22.3 Å². The molecule has 0 aliphatic carbocycles. The topological polar surface area (TPSA) is 52.8 Å². The maximum absolute atomic E-state index is 7.70. The number of hydrogen-bond acceptors (Lipinski definition) is 4. The van der Waals surface area contributed by atoms with Gasteiger partial charge in [0.2, 0.25) is 0 Å². The minimum absolute atomic E-state index is 0.106. The third-order valence-electron chi connectivity index (χ3n) is 3.11. The number of aryl methyl sites for hydroxylation is 1. The summed E-state index contributed by atoms with van der Waals surface area (Å²) in [6.45, 7) is 6.71. The van der Waals surface area contributed by atoms with Crippen molar-refractivity contribution in [2.45, 2.75) is 33.4 Å². The molecule has 1 aromatic carbocycles. The summed E-state index contributed by atoms with van der Waals surface area (Å²) in [6.07, 6.45) is 1.89. The molecule has 2 heterocycles. The third kappa shape index (κ3) is 2.59. The van der Waals surface area contributed by atoms with Gasteiger partial charge in [-0.2, -0.15) is 5.10 Å². The van der Waals surface area contributed by atoms with Crippen molar-refractivity contribution < 1.29 is 6.11 Å². The Balaban J connectivity index is 2.21. The van der Waals surface area contributed by atoms with Crippen molar-refractivity contribution in [3.05, 3.63) is 36.6 Å². The molecular formula is C16H18N4O. The van der Waals surface area contributed by atoms with Gasteiger partial charge in [-0.15, -0.1) is 0 Å². The Morgan fingerprint density at radius 1 is 1.33 bits per heavy atom. The van der Waals surface area contributed by atoms with E-state index in [0.29, 0.717) is 12.4 Å². The van der Waals surface area contributed by atoms with E-state index in [1.165, 1.54) is 0 Å². The summed E-state index contributed by atoms with van der Waals surface area (Å²) in [5.74, 6) is 1.31. The van der Waals surface area contributed by atoms with Gasteiger partial charge in [0.15, 0.2) is 5.82 Å². The highest BCUT2D eigenvalue weighted by Gasteiger charge is 2.15. The molecule has 0 unspecified atom stereocenters. The Morgan fingerprint density at radius 3 is 2.90 bits per heavy atom. The lowest BCUT2D eigenvalue weighted by Gasteiger charge is -2.09. The van der Waals surface area contributed by atoms with Crippen LogP contribution < -0.4 is 4.74 Å². The van der Waals surface area contributed by atoms with Gasteiger partial charge in [0.05, 0.1) is 13.0 Å². The Bertz CT molecular complexity index is 813. The number of benzene rings is 1. The summed E-state index contributed by atoms with van der Waals surface area (Å²) in [5.41, 5.74) is 1.69. The van der Waals surface area contributed by atoms with Crippen molar-refractivity contribution in [3.8, 4) is 17.3 Å². The van der Waals surface area contributed by atoms with E-state index in [-0.39, 0.29) is 12.3 Å². The van der Waals surface area contributed by atoms with Crippen molar-refractivity contribution in [2.24, 2.45) is 0 Å². The lowest BCUT2D eigenvalue weighted by molar-refractivity contribution is 0.243. The van der Waals surface area contributed by atoms with Crippen LogP contribution in [0.25, 0.3) is 22.4 Å². The van der Waals surface area contributed by atoms with E-state index < -0.39 is 0 Å². The second-order valence-corrected chi connectivity index (χ2v) is 5.02. The van der Waals surface area contributed by atoms with Gasteiger partial charge in [-0.3, -0.25) is 4.68 Å². The number of rotatable bonds is 4.